The fourth-order valence-electron chi connectivity index (χ4n) is 4.01. The summed E-state index contributed by atoms with van der Waals surface area (Å²) in [5, 5.41) is 0.612. The standard InChI is InChI=1S/C23H21N3O4S/c27-20-10-11-21(28)26(20)16-6-3-5-15(13-16)22(29)25(14-17-7-4-12-30-17)23-24-18-8-1-2-9-19(18)31-23/h1-3,5-6,8-9,13,17H,4,7,10-12,14H2. The highest BCUT2D eigenvalue weighted by Crippen LogP contribution is 2.31. The maximum absolute atomic E-state index is 13.6. The minimum Gasteiger partial charge on any atom is -0.376 e. The number of nitrogens with zero attached hydrogens (tertiary/aromatic N) is 3. The molecule has 1 atom stereocenters. The third-order valence-corrected chi connectivity index (χ3v) is 6.63. The Kier molecular flexibility index (Phi) is 5.25. The summed E-state index contributed by atoms with van der Waals surface area (Å²) in [5.74, 6) is -0.704. The van der Waals surface area contributed by atoms with Crippen LogP contribution >= 0.6 is 11.3 Å². The lowest BCUT2D eigenvalue weighted by Crippen LogP contribution is -2.37. The Morgan fingerprint density at radius 1 is 1.13 bits per heavy atom. The van der Waals surface area contributed by atoms with Crippen LogP contribution < -0.4 is 9.80 Å². The van der Waals surface area contributed by atoms with Gasteiger partial charge in [0.05, 0.1) is 28.6 Å². The monoisotopic (exact) mass is 435 g/mol. The van der Waals surface area contributed by atoms with E-state index in [1.54, 1.807) is 29.2 Å². The highest BCUT2D eigenvalue weighted by atomic mass is 32.1. The van der Waals surface area contributed by atoms with Gasteiger partial charge < -0.3 is 4.74 Å². The SMILES string of the molecule is O=C(c1cccc(N2C(=O)CCC2=O)c1)N(CC1CCCO1)c1nc2ccccc2s1. The van der Waals surface area contributed by atoms with Gasteiger partial charge in [-0.05, 0) is 43.2 Å². The highest BCUT2D eigenvalue weighted by molar-refractivity contribution is 7.22. The first-order valence-corrected chi connectivity index (χ1v) is 11.2. The molecule has 8 heteroatoms. The summed E-state index contributed by atoms with van der Waals surface area (Å²) < 4.78 is 6.79. The second-order valence-electron chi connectivity index (χ2n) is 7.69. The van der Waals surface area contributed by atoms with Crippen molar-refractivity contribution in [2.75, 3.05) is 23.0 Å². The molecular formula is C23H21N3O4S. The fraction of sp³-hybridized carbons (Fsp3) is 0.304. The number of rotatable bonds is 5. The summed E-state index contributed by atoms with van der Waals surface area (Å²) in [5.41, 5.74) is 1.68. The number of hydrogen-bond acceptors (Lipinski definition) is 6. The predicted molar refractivity (Wildman–Crippen MR) is 118 cm³/mol. The van der Waals surface area contributed by atoms with Crippen LogP contribution in [0, 0.1) is 0 Å². The molecular weight excluding hydrogens is 414 g/mol. The van der Waals surface area contributed by atoms with Crippen molar-refractivity contribution in [3.05, 3.63) is 54.1 Å². The maximum Gasteiger partial charge on any atom is 0.260 e. The lowest BCUT2D eigenvalue weighted by molar-refractivity contribution is -0.121. The number of ether oxygens (including phenoxy) is 1. The summed E-state index contributed by atoms with van der Waals surface area (Å²) in [6, 6.07) is 14.5. The van der Waals surface area contributed by atoms with E-state index < -0.39 is 0 Å². The molecule has 2 saturated heterocycles. The zero-order valence-electron chi connectivity index (χ0n) is 16.8. The van der Waals surface area contributed by atoms with E-state index in [1.807, 2.05) is 24.3 Å². The molecule has 7 nitrogen and oxygen atoms in total. The number of para-hydroxylation sites is 1. The number of fused-ring (bicyclic) bond motifs is 1. The quantitative estimate of drug-likeness (QED) is 0.570. The van der Waals surface area contributed by atoms with Crippen molar-refractivity contribution in [3.8, 4) is 0 Å². The highest BCUT2D eigenvalue weighted by Gasteiger charge is 2.32. The van der Waals surface area contributed by atoms with Crippen LogP contribution in [0.15, 0.2) is 48.5 Å². The van der Waals surface area contributed by atoms with E-state index in [1.165, 1.54) is 16.2 Å². The zero-order chi connectivity index (χ0) is 21.4. The second-order valence-corrected chi connectivity index (χ2v) is 8.70. The molecule has 2 aliphatic rings. The van der Waals surface area contributed by atoms with Gasteiger partial charge in [-0.25, -0.2) is 4.98 Å². The van der Waals surface area contributed by atoms with Crippen molar-refractivity contribution in [1.29, 1.82) is 0 Å². The molecule has 1 aromatic heterocycles. The Labute approximate surface area is 183 Å². The lowest BCUT2D eigenvalue weighted by atomic mass is 10.1. The Morgan fingerprint density at radius 3 is 2.68 bits per heavy atom. The van der Waals surface area contributed by atoms with E-state index in [0.717, 1.165) is 23.1 Å². The van der Waals surface area contributed by atoms with Crippen molar-refractivity contribution in [2.45, 2.75) is 31.8 Å². The molecule has 2 aromatic carbocycles. The van der Waals surface area contributed by atoms with E-state index in [9.17, 15) is 14.4 Å². The van der Waals surface area contributed by atoms with E-state index in [2.05, 4.69) is 4.98 Å². The predicted octanol–water partition coefficient (Wildman–Crippen LogP) is 3.78. The summed E-state index contributed by atoms with van der Waals surface area (Å²) in [6.07, 6.45) is 2.23. The van der Waals surface area contributed by atoms with Crippen LogP contribution in [-0.2, 0) is 14.3 Å². The van der Waals surface area contributed by atoms with Crippen molar-refractivity contribution in [1.82, 2.24) is 4.98 Å². The number of carbonyl (C=O) groups is 3. The van der Waals surface area contributed by atoms with Gasteiger partial charge in [-0.15, -0.1) is 0 Å². The molecule has 2 aliphatic heterocycles. The van der Waals surface area contributed by atoms with Crippen LogP contribution in [0.5, 0.6) is 0 Å². The minimum absolute atomic E-state index is 0.0408. The summed E-state index contributed by atoms with van der Waals surface area (Å²) in [4.78, 5) is 45.4. The Hall–Kier alpha value is -3.10. The van der Waals surface area contributed by atoms with Gasteiger partial charge in [-0.1, -0.05) is 29.5 Å². The first kappa shape index (κ1) is 19.8. The molecule has 0 spiro atoms. The number of aromatic nitrogens is 1. The molecule has 0 N–H and O–H groups in total. The first-order chi connectivity index (χ1) is 15.1. The molecule has 3 heterocycles. The first-order valence-electron chi connectivity index (χ1n) is 10.3. The zero-order valence-corrected chi connectivity index (χ0v) is 17.6. The van der Waals surface area contributed by atoms with Gasteiger partial charge in [0.2, 0.25) is 11.8 Å². The van der Waals surface area contributed by atoms with Gasteiger partial charge in [-0.3, -0.25) is 24.2 Å². The van der Waals surface area contributed by atoms with E-state index in [0.29, 0.717) is 29.5 Å². The van der Waals surface area contributed by atoms with E-state index in [-0.39, 0.29) is 36.7 Å². The number of amides is 3. The molecule has 0 bridgehead atoms. The minimum atomic E-state index is -0.239. The van der Waals surface area contributed by atoms with Crippen LogP contribution in [0.25, 0.3) is 10.2 Å². The van der Waals surface area contributed by atoms with Gasteiger partial charge >= 0.3 is 0 Å². The number of anilines is 2. The largest absolute Gasteiger partial charge is 0.376 e. The van der Waals surface area contributed by atoms with Crippen molar-refractivity contribution in [2.24, 2.45) is 0 Å². The average Bonchev–Trinajstić information content (AvgIpc) is 3.51. The van der Waals surface area contributed by atoms with Crippen molar-refractivity contribution < 1.29 is 19.1 Å². The number of hydrogen-bond donors (Lipinski definition) is 0. The van der Waals surface area contributed by atoms with Crippen LogP contribution in [0.1, 0.15) is 36.0 Å². The van der Waals surface area contributed by atoms with Crippen molar-refractivity contribution in [3.63, 3.8) is 0 Å². The molecule has 31 heavy (non-hydrogen) atoms. The van der Waals surface area contributed by atoms with Gasteiger partial charge in [0.25, 0.3) is 5.91 Å². The van der Waals surface area contributed by atoms with Gasteiger partial charge in [0.1, 0.15) is 0 Å². The average molecular weight is 436 g/mol. The summed E-state index contributed by atoms with van der Waals surface area (Å²) in [7, 11) is 0. The Bertz CT molecular complexity index is 1120. The molecule has 2 fully saturated rings. The molecule has 1 unspecified atom stereocenters. The second kappa shape index (κ2) is 8.20. The number of thiazole rings is 1. The Balaban J connectivity index is 1.50. The molecule has 3 amide bonds. The van der Waals surface area contributed by atoms with Crippen LogP contribution in [0.2, 0.25) is 0 Å². The molecule has 0 saturated carbocycles. The van der Waals surface area contributed by atoms with Crippen molar-refractivity contribution >= 4 is 50.1 Å². The maximum atomic E-state index is 13.6. The third kappa shape index (κ3) is 3.84. The normalized spacial score (nSPS) is 18.8. The van der Waals surface area contributed by atoms with Crippen LogP contribution in [0.4, 0.5) is 10.8 Å². The number of imide groups is 1. The third-order valence-electron chi connectivity index (χ3n) is 5.57. The summed E-state index contributed by atoms with van der Waals surface area (Å²) >= 11 is 1.46. The smallest absolute Gasteiger partial charge is 0.260 e. The summed E-state index contributed by atoms with van der Waals surface area (Å²) in [6.45, 7) is 1.10. The van der Waals surface area contributed by atoms with Gasteiger partial charge in [0.15, 0.2) is 5.13 Å². The molecule has 0 radical (unpaired) electrons. The molecule has 3 aromatic rings. The lowest BCUT2D eigenvalue weighted by Gasteiger charge is -2.23. The Morgan fingerprint density at radius 2 is 1.94 bits per heavy atom. The molecule has 158 valence electrons. The van der Waals surface area contributed by atoms with Crippen LogP contribution in [0.3, 0.4) is 0 Å². The van der Waals surface area contributed by atoms with Gasteiger partial charge in [-0.2, -0.15) is 0 Å². The topological polar surface area (TPSA) is 79.8 Å². The number of carbonyl (C=O) groups excluding carboxylic acids is 3. The van der Waals surface area contributed by atoms with Crippen LogP contribution in [-0.4, -0.2) is 42.0 Å². The van der Waals surface area contributed by atoms with Gasteiger partial charge in [0, 0.05) is 25.0 Å². The van der Waals surface area contributed by atoms with E-state index >= 15 is 0 Å². The molecule has 0 aliphatic carbocycles. The number of benzene rings is 2. The molecule has 5 rings (SSSR count). The fourth-order valence-corrected chi connectivity index (χ4v) is 4.99. The van der Waals surface area contributed by atoms with E-state index in [4.69, 9.17) is 4.74 Å².